The molecular formula is C8H14O6. The van der Waals surface area contributed by atoms with Gasteiger partial charge in [0.2, 0.25) is 0 Å². The van der Waals surface area contributed by atoms with Crippen molar-refractivity contribution in [2.45, 2.75) is 32.0 Å². The Morgan fingerprint density at radius 3 is 1.71 bits per heavy atom. The number of carbonyl (C=O) groups is 2. The summed E-state index contributed by atoms with van der Waals surface area (Å²) in [7, 11) is 0. The van der Waals surface area contributed by atoms with Crippen LogP contribution in [0, 0.1) is 5.92 Å². The summed E-state index contributed by atoms with van der Waals surface area (Å²) in [5.74, 6) is -4.44. The van der Waals surface area contributed by atoms with Gasteiger partial charge >= 0.3 is 11.9 Å². The Hall–Kier alpha value is -1.14. The van der Waals surface area contributed by atoms with Crippen molar-refractivity contribution < 1.29 is 30.0 Å². The summed E-state index contributed by atoms with van der Waals surface area (Å²) in [6.07, 6.45) is 0. The fourth-order valence-electron chi connectivity index (χ4n) is 0.879. The van der Waals surface area contributed by atoms with Crippen LogP contribution in [0.4, 0.5) is 0 Å². The molecule has 6 heteroatoms. The third-order valence-electron chi connectivity index (χ3n) is 2.62. The summed E-state index contributed by atoms with van der Waals surface area (Å²) in [4.78, 5) is 21.1. The molecule has 0 bridgehead atoms. The quantitative estimate of drug-likeness (QED) is 0.483. The van der Waals surface area contributed by atoms with E-state index in [0.717, 1.165) is 20.8 Å². The molecule has 82 valence electrons. The second kappa shape index (κ2) is 3.55. The second-order valence-electron chi connectivity index (χ2n) is 3.58. The molecule has 0 unspecified atom stereocenters. The SMILES string of the molecule is C[C@@H](C(=O)O)[C@@](C)(O)[C@@](C)(O)C(=O)O. The van der Waals surface area contributed by atoms with Gasteiger partial charge in [-0.3, -0.25) is 4.79 Å². The van der Waals surface area contributed by atoms with E-state index < -0.39 is 29.1 Å². The molecule has 0 amide bonds. The van der Waals surface area contributed by atoms with Crippen molar-refractivity contribution in [1.29, 1.82) is 0 Å². The molecule has 0 aromatic rings. The minimum Gasteiger partial charge on any atom is -0.481 e. The van der Waals surface area contributed by atoms with Crippen LogP contribution in [0.3, 0.4) is 0 Å². The zero-order chi connectivity index (χ0) is 11.7. The van der Waals surface area contributed by atoms with Crippen molar-refractivity contribution in [3.05, 3.63) is 0 Å². The molecular weight excluding hydrogens is 192 g/mol. The first-order valence-electron chi connectivity index (χ1n) is 3.96. The van der Waals surface area contributed by atoms with E-state index >= 15 is 0 Å². The highest BCUT2D eigenvalue weighted by Gasteiger charge is 2.53. The van der Waals surface area contributed by atoms with Gasteiger partial charge in [0, 0.05) is 0 Å². The van der Waals surface area contributed by atoms with E-state index in [-0.39, 0.29) is 0 Å². The van der Waals surface area contributed by atoms with Crippen LogP contribution in [0.15, 0.2) is 0 Å². The van der Waals surface area contributed by atoms with Gasteiger partial charge in [0.15, 0.2) is 5.60 Å². The largest absolute Gasteiger partial charge is 0.481 e. The Morgan fingerprint density at radius 1 is 1.14 bits per heavy atom. The molecule has 4 N–H and O–H groups in total. The van der Waals surface area contributed by atoms with E-state index in [9.17, 15) is 19.8 Å². The standard InChI is InChI=1S/C8H14O6/c1-4(5(9)10)7(2,13)8(3,14)6(11)12/h4,13-14H,1-3H3,(H,9,10)(H,11,12)/t4-,7+,8-/m0/s1. The Labute approximate surface area is 80.8 Å². The van der Waals surface area contributed by atoms with Gasteiger partial charge in [-0.1, -0.05) is 0 Å². The first-order valence-corrected chi connectivity index (χ1v) is 3.96. The number of carboxylic acids is 2. The van der Waals surface area contributed by atoms with Crippen LogP contribution >= 0.6 is 0 Å². The number of aliphatic carboxylic acids is 2. The van der Waals surface area contributed by atoms with Crippen LogP contribution in [-0.4, -0.2) is 43.6 Å². The minimum atomic E-state index is -2.51. The first-order chi connectivity index (χ1) is 6.05. The maximum absolute atomic E-state index is 10.6. The summed E-state index contributed by atoms with van der Waals surface area (Å²) in [5, 5.41) is 36.3. The minimum absolute atomic E-state index is 0.856. The lowest BCUT2D eigenvalue weighted by molar-refractivity contribution is -0.199. The van der Waals surface area contributed by atoms with E-state index in [0.29, 0.717) is 0 Å². The van der Waals surface area contributed by atoms with E-state index in [1.54, 1.807) is 0 Å². The Balaban J connectivity index is 5.13. The number of aliphatic hydroxyl groups is 2. The van der Waals surface area contributed by atoms with E-state index in [2.05, 4.69) is 0 Å². The Bertz CT molecular complexity index is 255. The van der Waals surface area contributed by atoms with Crippen LogP contribution < -0.4 is 0 Å². The fraction of sp³-hybridized carbons (Fsp3) is 0.750. The number of rotatable bonds is 4. The van der Waals surface area contributed by atoms with Gasteiger partial charge < -0.3 is 20.4 Å². The molecule has 0 aromatic heterocycles. The maximum Gasteiger partial charge on any atom is 0.338 e. The molecule has 0 spiro atoms. The van der Waals surface area contributed by atoms with Gasteiger partial charge in [-0.2, -0.15) is 0 Å². The molecule has 0 fully saturated rings. The van der Waals surface area contributed by atoms with Crippen molar-refractivity contribution in [2.75, 3.05) is 0 Å². The monoisotopic (exact) mass is 206 g/mol. The number of carboxylic acid groups (broad SMARTS) is 2. The molecule has 0 saturated heterocycles. The average molecular weight is 206 g/mol. The highest BCUT2D eigenvalue weighted by Crippen LogP contribution is 2.30. The Kier molecular flexibility index (Phi) is 3.26. The number of hydrogen-bond acceptors (Lipinski definition) is 4. The molecule has 0 rings (SSSR count). The van der Waals surface area contributed by atoms with Gasteiger partial charge in [0.25, 0.3) is 0 Å². The highest BCUT2D eigenvalue weighted by molar-refractivity contribution is 5.81. The van der Waals surface area contributed by atoms with Crippen LogP contribution in [-0.2, 0) is 9.59 Å². The summed E-state index contributed by atoms with van der Waals surface area (Å²) < 4.78 is 0. The summed E-state index contributed by atoms with van der Waals surface area (Å²) in [6.45, 7) is 2.95. The third kappa shape index (κ3) is 1.85. The van der Waals surface area contributed by atoms with E-state index in [4.69, 9.17) is 10.2 Å². The lowest BCUT2D eigenvalue weighted by atomic mass is 9.77. The number of hydrogen-bond donors (Lipinski definition) is 4. The third-order valence-corrected chi connectivity index (χ3v) is 2.62. The topological polar surface area (TPSA) is 115 Å². The maximum atomic E-state index is 10.6. The van der Waals surface area contributed by atoms with E-state index in [1.165, 1.54) is 0 Å². The summed E-state index contributed by atoms with van der Waals surface area (Å²) in [6, 6.07) is 0. The van der Waals surface area contributed by atoms with E-state index in [1.807, 2.05) is 0 Å². The average Bonchev–Trinajstić information content (AvgIpc) is 2.01. The van der Waals surface area contributed by atoms with Crippen molar-refractivity contribution in [2.24, 2.45) is 5.92 Å². The zero-order valence-corrected chi connectivity index (χ0v) is 8.18. The smallest absolute Gasteiger partial charge is 0.338 e. The van der Waals surface area contributed by atoms with Gasteiger partial charge in [-0.15, -0.1) is 0 Å². The molecule has 0 aromatic carbocycles. The highest BCUT2D eigenvalue weighted by atomic mass is 16.4. The predicted octanol–water partition coefficient (Wildman–Crippen LogP) is -0.706. The molecule has 0 aliphatic heterocycles. The van der Waals surface area contributed by atoms with Crippen molar-refractivity contribution in [3.8, 4) is 0 Å². The van der Waals surface area contributed by atoms with Crippen LogP contribution in [0.1, 0.15) is 20.8 Å². The molecule has 0 heterocycles. The van der Waals surface area contributed by atoms with Crippen LogP contribution in [0.5, 0.6) is 0 Å². The lowest BCUT2D eigenvalue weighted by Gasteiger charge is -2.37. The van der Waals surface area contributed by atoms with Crippen molar-refractivity contribution in [1.82, 2.24) is 0 Å². The van der Waals surface area contributed by atoms with Gasteiger partial charge in [-0.05, 0) is 20.8 Å². The Morgan fingerprint density at radius 2 is 1.50 bits per heavy atom. The predicted molar refractivity (Wildman–Crippen MR) is 45.7 cm³/mol. The molecule has 6 nitrogen and oxygen atoms in total. The molecule has 0 aliphatic rings. The first kappa shape index (κ1) is 12.9. The van der Waals surface area contributed by atoms with Crippen LogP contribution in [0.25, 0.3) is 0 Å². The van der Waals surface area contributed by atoms with Crippen LogP contribution in [0.2, 0.25) is 0 Å². The lowest BCUT2D eigenvalue weighted by Crippen LogP contribution is -2.60. The van der Waals surface area contributed by atoms with Crippen molar-refractivity contribution in [3.63, 3.8) is 0 Å². The molecule has 0 radical (unpaired) electrons. The van der Waals surface area contributed by atoms with Crippen molar-refractivity contribution >= 4 is 11.9 Å². The molecule has 0 aliphatic carbocycles. The summed E-state index contributed by atoms with van der Waals surface area (Å²) in [5.41, 5.74) is -4.75. The molecule has 14 heavy (non-hydrogen) atoms. The van der Waals surface area contributed by atoms with Gasteiger partial charge in [-0.25, -0.2) is 4.79 Å². The zero-order valence-electron chi connectivity index (χ0n) is 8.18. The second-order valence-corrected chi connectivity index (χ2v) is 3.58. The summed E-state index contributed by atoms with van der Waals surface area (Å²) >= 11 is 0. The van der Waals surface area contributed by atoms with Gasteiger partial charge in [0.05, 0.1) is 5.92 Å². The fourth-order valence-corrected chi connectivity index (χ4v) is 0.879. The molecule has 0 saturated carbocycles. The normalized spacial score (nSPS) is 21.8. The molecule has 3 atom stereocenters. The van der Waals surface area contributed by atoms with Gasteiger partial charge in [0.1, 0.15) is 5.60 Å².